The molecule has 20 heavy (non-hydrogen) atoms. The van der Waals surface area contributed by atoms with E-state index in [1.165, 1.54) is 7.05 Å². The molecule has 0 radical (unpaired) electrons. The van der Waals surface area contributed by atoms with Gasteiger partial charge in [0.1, 0.15) is 6.10 Å². The predicted molar refractivity (Wildman–Crippen MR) is 68.6 cm³/mol. The van der Waals surface area contributed by atoms with Crippen LogP contribution in [0.25, 0.3) is 0 Å². The summed E-state index contributed by atoms with van der Waals surface area (Å²) in [5.41, 5.74) is -0.990. The lowest BCUT2D eigenvalue weighted by molar-refractivity contribution is -0.141. The van der Waals surface area contributed by atoms with Gasteiger partial charge in [-0.2, -0.15) is 18.2 Å². The molecule has 1 aliphatic carbocycles. The molecule has 7 heteroatoms. The first-order chi connectivity index (χ1) is 9.38. The number of alkyl halides is 3. The van der Waals surface area contributed by atoms with Crippen LogP contribution in [-0.4, -0.2) is 23.1 Å². The summed E-state index contributed by atoms with van der Waals surface area (Å²) < 4.78 is 43.8. The van der Waals surface area contributed by atoms with Crippen LogP contribution in [0.5, 0.6) is 5.88 Å². The van der Waals surface area contributed by atoms with Crippen molar-refractivity contribution in [3.63, 3.8) is 0 Å². The van der Waals surface area contributed by atoms with Crippen LogP contribution in [0.1, 0.15) is 38.3 Å². The van der Waals surface area contributed by atoms with Gasteiger partial charge in [0.05, 0.1) is 0 Å². The van der Waals surface area contributed by atoms with Crippen LogP contribution in [0.15, 0.2) is 6.07 Å². The molecule has 0 aliphatic heterocycles. The van der Waals surface area contributed by atoms with Crippen LogP contribution in [0.3, 0.4) is 0 Å². The number of rotatable bonds is 3. The topological polar surface area (TPSA) is 47.0 Å². The second-order valence-corrected chi connectivity index (χ2v) is 5.16. The molecule has 2 rings (SSSR count). The third kappa shape index (κ3) is 3.74. The molecule has 112 valence electrons. The number of ether oxygens (including phenoxy) is 1. The monoisotopic (exact) mass is 289 g/mol. The Balaban J connectivity index is 2.14. The Bertz CT molecular complexity index is 457. The van der Waals surface area contributed by atoms with Gasteiger partial charge in [0.2, 0.25) is 11.8 Å². The van der Waals surface area contributed by atoms with E-state index >= 15 is 0 Å². The Hall–Kier alpha value is -1.53. The second-order valence-electron chi connectivity index (χ2n) is 5.16. The van der Waals surface area contributed by atoms with Crippen molar-refractivity contribution < 1.29 is 17.9 Å². The van der Waals surface area contributed by atoms with Crippen molar-refractivity contribution in [3.8, 4) is 5.88 Å². The van der Waals surface area contributed by atoms with Gasteiger partial charge in [-0.1, -0.05) is 6.92 Å². The number of hydrogen-bond acceptors (Lipinski definition) is 4. The van der Waals surface area contributed by atoms with Crippen LogP contribution >= 0.6 is 0 Å². The van der Waals surface area contributed by atoms with E-state index < -0.39 is 11.9 Å². The van der Waals surface area contributed by atoms with Gasteiger partial charge >= 0.3 is 6.18 Å². The van der Waals surface area contributed by atoms with Gasteiger partial charge in [0.25, 0.3) is 0 Å². The van der Waals surface area contributed by atoms with E-state index in [0.29, 0.717) is 5.92 Å². The second kappa shape index (κ2) is 5.85. The lowest BCUT2D eigenvalue weighted by atomic mass is 9.89. The van der Waals surface area contributed by atoms with Crippen LogP contribution < -0.4 is 10.1 Å². The molecule has 1 aromatic rings. The summed E-state index contributed by atoms with van der Waals surface area (Å²) in [6.45, 7) is 2.17. The van der Waals surface area contributed by atoms with Crippen LogP contribution in [0, 0.1) is 5.92 Å². The number of nitrogens with zero attached hydrogens (tertiary/aromatic N) is 2. The van der Waals surface area contributed by atoms with Crippen molar-refractivity contribution in [1.29, 1.82) is 0 Å². The molecule has 1 aliphatic rings. The lowest BCUT2D eigenvalue weighted by Crippen LogP contribution is -2.24. The van der Waals surface area contributed by atoms with Gasteiger partial charge in [-0.3, -0.25) is 0 Å². The molecule has 0 atom stereocenters. The van der Waals surface area contributed by atoms with Gasteiger partial charge in [-0.15, -0.1) is 0 Å². The molecule has 1 fully saturated rings. The molecule has 1 aromatic heterocycles. The zero-order valence-electron chi connectivity index (χ0n) is 11.5. The molecule has 0 unspecified atom stereocenters. The smallest absolute Gasteiger partial charge is 0.433 e. The molecule has 0 aromatic carbocycles. The number of halogens is 3. The maximum absolute atomic E-state index is 12.7. The molecule has 0 amide bonds. The molecule has 1 heterocycles. The van der Waals surface area contributed by atoms with Crippen molar-refractivity contribution in [3.05, 3.63) is 11.8 Å². The van der Waals surface area contributed by atoms with E-state index in [4.69, 9.17) is 4.74 Å². The summed E-state index contributed by atoms with van der Waals surface area (Å²) in [5, 5.41) is 2.52. The predicted octanol–water partition coefficient (Wildman–Crippen LogP) is 3.49. The Labute approximate surface area is 115 Å². The van der Waals surface area contributed by atoms with Crippen LogP contribution in [-0.2, 0) is 6.18 Å². The van der Waals surface area contributed by atoms with E-state index in [1.807, 2.05) is 0 Å². The summed E-state index contributed by atoms with van der Waals surface area (Å²) in [4.78, 5) is 7.34. The molecular weight excluding hydrogens is 271 g/mol. The summed E-state index contributed by atoms with van der Waals surface area (Å²) in [6, 6.07) is 0.860. The van der Waals surface area contributed by atoms with Crippen molar-refractivity contribution in [2.24, 2.45) is 5.92 Å². The molecule has 0 bridgehead atoms. The summed E-state index contributed by atoms with van der Waals surface area (Å²) >= 11 is 0. The fraction of sp³-hybridized carbons (Fsp3) is 0.692. The van der Waals surface area contributed by atoms with E-state index in [9.17, 15) is 13.2 Å². The van der Waals surface area contributed by atoms with E-state index in [1.54, 1.807) is 0 Å². The first-order valence-electron chi connectivity index (χ1n) is 6.69. The van der Waals surface area contributed by atoms with Crippen LogP contribution in [0.4, 0.5) is 19.1 Å². The summed E-state index contributed by atoms with van der Waals surface area (Å²) in [7, 11) is 1.47. The zero-order valence-corrected chi connectivity index (χ0v) is 11.5. The Morgan fingerprint density at radius 1 is 1.20 bits per heavy atom. The normalized spacial score (nSPS) is 23.4. The quantitative estimate of drug-likeness (QED) is 0.925. The molecule has 4 nitrogen and oxygen atoms in total. The molecule has 0 spiro atoms. The van der Waals surface area contributed by atoms with Gasteiger partial charge in [-0.25, -0.2) is 4.98 Å². The minimum atomic E-state index is -4.51. The highest BCUT2D eigenvalue weighted by Crippen LogP contribution is 2.32. The Kier molecular flexibility index (Phi) is 4.35. The van der Waals surface area contributed by atoms with Gasteiger partial charge in [0, 0.05) is 13.1 Å². The summed E-state index contributed by atoms with van der Waals surface area (Å²) in [5.74, 6) is 0.550. The van der Waals surface area contributed by atoms with Crippen molar-refractivity contribution >= 4 is 5.95 Å². The van der Waals surface area contributed by atoms with Crippen molar-refractivity contribution in [1.82, 2.24) is 9.97 Å². The molecule has 1 N–H and O–H groups in total. The average molecular weight is 289 g/mol. The number of aromatic nitrogens is 2. The summed E-state index contributed by atoms with van der Waals surface area (Å²) in [6.07, 6.45) is -0.815. The maximum Gasteiger partial charge on any atom is 0.433 e. The van der Waals surface area contributed by atoms with Gasteiger partial charge in [-0.05, 0) is 31.6 Å². The van der Waals surface area contributed by atoms with Gasteiger partial charge < -0.3 is 10.1 Å². The molecular formula is C13H18F3N3O. The third-order valence-corrected chi connectivity index (χ3v) is 3.47. The number of hydrogen-bond donors (Lipinski definition) is 1. The fourth-order valence-corrected chi connectivity index (χ4v) is 2.26. The highest BCUT2D eigenvalue weighted by Gasteiger charge is 2.34. The molecule has 0 saturated heterocycles. The number of nitrogens with one attached hydrogen (secondary N) is 1. The van der Waals surface area contributed by atoms with Gasteiger partial charge in [0.15, 0.2) is 5.69 Å². The lowest BCUT2D eigenvalue weighted by Gasteiger charge is -2.26. The SMILES string of the molecule is CNc1nc(OC2CCC(C)CC2)cc(C(F)(F)F)n1. The van der Waals surface area contributed by atoms with E-state index in [0.717, 1.165) is 31.7 Å². The first-order valence-corrected chi connectivity index (χ1v) is 6.69. The highest BCUT2D eigenvalue weighted by molar-refractivity contribution is 5.31. The third-order valence-electron chi connectivity index (χ3n) is 3.47. The Morgan fingerprint density at radius 2 is 1.85 bits per heavy atom. The number of anilines is 1. The zero-order chi connectivity index (χ0) is 14.8. The largest absolute Gasteiger partial charge is 0.474 e. The maximum atomic E-state index is 12.7. The van der Waals surface area contributed by atoms with Crippen LogP contribution in [0.2, 0.25) is 0 Å². The van der Waals surface area contributed by atoms with Crippen molar-refractivity contribution in [2.45, 2.75) is 44.9 Å². The van der Waals surface area contributed by atoms with E-state index in [-0.39, 0.29) is 17.9 Å². The first kappa shape index (κ1) is 14.9. The minimum Gasteiger partial charge on any atom is -0.474 e. The average Bonchev–Trinajstić information content (AvgIpc) is 2.40. The fourth-order valence-electron chi connectivity index (χ4n) is 2.26. The minimum absolute atomic E-state index is 0.0174. The standard InChI is InChI=1S/C13H18F3N3O/c1-8-3-5-9(6-4-8)20-11-7-10(13(14,15)16)18-12(17-2)19-11/h7-9H,3-6H2,1-2H3,(H,17,18,19). The molecule has 1 saturated carbocycles. The van der Waals surface area contributed by atoms with E-state index in [2.05, 4.69) is 22.2 Å². The Morgan fingerprint density at radius 3 is 2.40 bits per heavy atom. The highest BCUT2D eigenvalue weighted by atomic mass is 19.4. The van der Waals surface area contributed by atoms with Crippen molar-refractivity contribution in [2.75, 3.05) is 12.4 Å².